The maximum absolute atomic E-state index is 12.6. The summed E-state index contributed by atoms with van der Waals surface area (Å²) in [5.74, 6) is 1.42. The van der Waals surface area contributed by atoms with Gasteiger partial charge in [0.15, 0.2) is 0 Å². The van der Waals surface area contributed by atoms with Gasteiger partial charge in [-0.3, -0.25) is 4.79 Å². The van der Waals surface area contributed by atoms with Crippen LogP contribution in [0.2, 0.25) is 0 Å². The number of benzene rings is 1. The molecule has 0 fully saturated rings. The number of rotatable bonds is 9. The smallest absolute Gasteiger partial charge is 0.223 e. The van der Waals surface area contributed by atoms with E-state index in [2.05, 4.69) is 39.6 Å². The topological polar surface area (TPSA) is 42.4 Å². The van der Waals surface area contributed by atoms with Gasteiger partial charge in [-0.2, -0.15) is 0 Å². The van der Waals surface area contributed by atoms with E-state index in [1.807, 2.05) is 34.5 Å². The van der Waals surface area contributed by atoms with Crippen LogP contribution in [0.1, 0.15) is 56.8 Å². The van der Waals surface area contributed by atoms with Gasteiger partial charge in [0, 0.05) is 17.8 Å². The Morgan fingerprint density at radius 3 is 2.54 bits per heavy atom. The Morgan fingerprint density at radius 1 is 1.23 bits per heavy atom. The Morgan fingerprint density at radius 2 is 1.92 bits per heavy atom. The van der Waals surface area contributed by atoms with Gasteiger partial charge in [-0.05, 0) is 38.3 Å². The van der Waals surface area contributed by atoms with Crippen LogP contribution in [0.4, 0.5) is 0 Å². The molecule has 0 unspecified atom stereocenters. The van der Waals surface area contributed by atoms with Gasteiger partial charge in [0.05, 0.1) is 12.2 Å². The number of ether oxygens (including phenoxy) is 1. The molecule has 0 spiro atoms. The summed E-state index contributed by atoms with van der Waals surface area (Å²) >= 11 is 1.58. The van der Waals surface area contributed by atoms with Crippen LogP contribution in [0.15, 0.2) is 29.6 Å². The molecule has 2 aromatic rings. The standard InChI is InChI=1S/C21H30N2O2S/c1-6-17(5)23(21(24)11-15(2)3)12-18-14-26-20(22-18)13-25-19-9-7-16(4)8-10-19/h7-10,14-15,17H,6,11-13H2,1-5H3/t17-/m1/s1. The van der Waals surface area contributed by atoms with Crippen LogP contribution in [0.3, 0.4) is 0 Å². The summed E-state index contributed by atoms with van der Waals surface area (Å²) in [6.07, 6.45) is 1.52. The number of hydrogen-bond acceptors (Lipinski definition) is 4. The third kappa shape index (κ3) is 6.13. The molecule has 142 valence electrons. The maximum Gasteiger partial charge on any atom is 0.223 e. The van der Waals surface area contributed by atoms with E-state index in [1.54, 1.807) is 11.3 Å². The van der Waals surface area contributed by atoms with Gasteiger partial charge in [-0.25, -0.2) is 4.98 Å². The summed E-state index contributed by atoms with van der Waals surface area (Å²) in [5, 5.41) is 2.97. The molecule has 1 heterocycles. The Kier molecular flexibility index (Phi) is 7.64. The molecular formula is C21H30N2O2S. The van der Waals surface area contributed by atoms with E-state index in [9.17, 15) is 4.79 Å². The first kappa shape index (κ1) is 20.4. The molecule has 0 N–H and O–H groups in total. The van der Waals surface area contributed by atoms with Crippen LogP contribution in [0, 0.1) is 12.8 Å². The van der Waals surface area contributed by atoms with Crippen LogP contribution >= 0.6 is 11.3 Å². The highest BCUT2D eigenvalue weighted by Gasteiger charge is 2.21. The van der Waals surface area contributed by atoms with Crippen LogP contribution in [0.25, 0.3) is 0 Å². The predicted molar refractivity (Wildman–Crippen MR) is 107 cm³/mol. The van der Waals surface area contributed by atoms with Crippen molar-refractivity contribution in [3.8, 4) is 5.75 Å². The number of thiazole rings is 1. The minimum atomic E-state index is 0.208. The summed E-state index contributed by atoms with van der Waals surface area (Å²) < 4.78 is 5.80. The molecule has 0 aliphatic rings. The molecule has 0 saturated carbocycles. The van der Waals surface area contributed by atoms with E-state index in [0.29, 0.717) is 25.5 Å². The van der Waals surface area contributed by atoms with E-state index in [1.165, 1.54) is 5.56 Å². The van der Waals surface area contributed by atoms with E-state index >= 15 is 0 Å². The number of hydrogen-bond donors (Lipinski definition) is 0. The molecule has 0 radical (unpaired) electrons. The van der Waals surface area contributed by atoms with Gasteiger partial charge in [-0.1, -0.05) is 38.5 Å². The molecule has 4 nitrogen and oxygen atoms in total. The largest absolute Gasteiger partial charge is 0.486 e. The van der Waals surface area contributed by atoms with E-state index in [4.69, 9.17) is 4.74 Å². The van der Waals surface area contributed by atoms with Gasteiger partial charge in [0.25, 0.3) is 0 Å². The number of nitrogens with zero attached hydrogens (tertiary/aromatic N) is 2. The Bertz CT molecular complexity index is 694. The molecule has 1 aromatic carbocycles. The molecule has 26 heavy (non-hydrogen) atoms. The second kappa shape index (κ2) is 9.72. The third-order valence-electron chi connectivity index (χ3n) is 4.34. The summed E-state index contributed by atoms with van der Waals surface area (Å²) in [7, 11) is 0. The number of aryl methyl sites for hydroxylation is 1. The molecule has 0 aliphatic heterocycles. The van der Waals surface area contributed by atoms with Crippen LogP contribution < -0.4 is 4.74 Å². The molecule has 5 heteroatoms. The zero-order valence-corrected chi connectivity index (χ0v) is 17.3. The zero-order valence-electron chi connectivity index (χ0n) is 16.5. The third-order valence-corrected chi connectivity index (χ3v) is 5.21. The Balaban J connectivity index is 1.97. The predicted octanol–water partition coefficient (Wildman–Crippen LogP) is 5.20. The van der Waals surface area contributed by atoms with Crippen molar-refractivity contribution in [1.29, 1.82) is 0 Å². The van der Waals surface area contributed by atoms with Crippen molar-refractivity contribution in [2.24, 2.45) is 5.92 Å². The van der Waals surface area contributed by atoms with Crippen molar-refractivity contribution in [3.05, 3.63) is 45.9 Å². The quantitative estimate of drug-likeness (QED) is 0.605. The normalized spacial score (nSPS) is 12.2. The molecular weight excluding hydrogens is 344 g/mol. The minimum Gasteiger partial charge on any atom is -0.486 e. The van der Waals surface area contributed by atoms with Crippen LogP contribution in [-0.4, -0.2) is 21.8 Å². The fourth-order valence-corrected chi connectivity index (χ4v) is 3.31. The number of carbonyl (C=O) groups is 1. The molecule has 0 saturated heterocycles. The van der Waals surface area contributed by atoms with Crippen LogP contribution in [-0.2, 0) is 17.9 Å². The van der Waals surface area contributed by atoms with E-state index in [-0.39, 0.29) is 11.9 Å². The van der Waals surface area contributed by atoms with Crippen molar-refractivity contribution >= 4 is 17.2 Å². The first-order valence-corrected chi connectivity index (χ1v) is 10.2. The Labute approximate surface area is 161 Å². The molecule has 0 bridgehead atoms. The summed E-state index contributed by atoms with van der Waals surface area (Å²) in [5.41, 5.74) is 2.15. The van der Waals surface area contributed by atoms with Crippen molar-refractivity contribution in [1.82, 2.24) is 9.88 Å². The SMILES string of the molecule is CC[C@@H](C)N(Cc1csc(COc2ccc(C)cc2)n1)C(=O)CC(C)C. The lowest BCUT2D eigenvalue weighted by Crippen LogP contribution is -2.38. The van der Waals surface area contributed by atoms with Crippen LogP contribution in [0.5, 0.6) is 5.75 Å². The molecule has 2 rings (SSSR count). The Hall–Kier alpha value is -1.88. The fraction of sp³-hybridized carbons (Fsp3) is 0.524. The lowest BCUT2D eigenvalue weighted by molar-refractivity contribution is -0.134. The van der Waals surface area contributed by atoms with Gasteiger partial charge in [0.1, 0.15) is 17.4 Å². The summed E-state index contributed by atoms with van der Waals surface area (Å²) in [6, 6.07) is 8.23. The van der Waals surface area contributed by atoms with Gasteiger partial charge in [0.2, 0.25) is 5.91 Å². The van der Waals surface area contributed by atoms with Crippen molar-refractivity contribution in [3.63, 3.8) is 0 Å². The van der Waals surface area contributed by atoms with Crippen molar-refractivity contribution in [2.45, 2.75) is 66.7 Å². The van der Waals surface area contributed by atoms with E-state index < -0.39 is 0 Å². The molecule has 1 amide bonds. The highest BCUT2D eigenvalue weighted by atomic mass is 32.1. The van der Waals surface area contributed by atoms with E-state index in [0.717, 1.165) is 22.9 Å². The number of aromatic nitrogens is 1. The van der Waals surface area contributed by atoms with Gasteiger partial charge >= 0.3 is 0 Å². The maximum atomic E-state index is 12.6. The van der Waals surface area contributed by atoms with Crippen molar-refractivity contribution in [2.75, 3.05) is 0 Å². The highest BCUT2D eigenvalue weighted by Crippen LogP contribution is 2.19. The first-order chi connectivity index (χ1) is 12.4. The lowest BCUT2D eigenvalue weighted by Gasteiger charge is -2.28. The summed E-state index contributed by atoms with van der Waals surface area (Å²) in [6.45, 7) is 11.5. The minimum absolute atomic E-state index is 0.208. The van der Waals surface area contributed by atoms with Crippen molar-refractivity contribution < 1.29 is 9.53 Å². The highest BCUT2D eigenvalue weighted by molar-refractivity contribution is 7.09. The number of amides is 1. The van der Waals surface area contributed by atoms with Gasteiger partial charge < -0.3 is 9.64 Å². The molecule has 1 atom stereocenters. The average molecular weight is 375 g/mol. The van der Waals surface area contributed by atoms with Gasteiger partial charge in [-0.15, -0.1) is 11.3 Å². The molecule has 1 aromatic heterocycles. The first-order valence-electron chi connectivity index (χ1n) is 9.31. The zero-order chi connectivity index (χ0) is 19.1. The number of carbonyl (C=O) groups excluding carboxylic acids is 1. The lowest BCUT2D eigenvalue weighted by atomic mass is 10.1. The average Bonchev–Trinajstić information content (AvgIpc) is 3.05. The second-order valence-corrected chi connectivity index (χ2v) is 8.15. The molecule has 0 aliphatic carbocycles. The second-order valence-electron chi connectivity index (χ2n) is 7.21. The monoisotopic (exact) mass is 374 g/mol. The fourth-order valence-electron chi connectivity index (χ4n) is 2.62. The summed E-state index contributed by atoms with van der Waals surface area (Å²) in [4.78, 5) is 19.2.